The Morgan fingerprint density at radius 3 is 2.38 bits per heavy atom. The van der Waals surface area contributed by atoms with Gasteiger partial charge in [-0.15, -0.1) is 0 Å². The zero-order valence-electron chi connectivity index (χ0n) is 14.7. The Balaban J connectivity index is 2.44. The number of carbonyl (C=O) groups excluding carboxylic acids is 1. The molecule has 0 radical (unpaired) electrons. The summed E-state index contributed by atoms with van der Waals surface area (Å²) in [5.41, 5.74) is -3.45. The van der Waals surface area contributed by atoms with Crippen molar-refractivity contribution in [2.45, 2.75) is 68.7 Å². The van der Waals surface area contributed by atoms with E-state index in [1.807, 2.05) is 0 Å². The van der Waals surface area contributed by atoms with Crippen LogP contribution in [0, 0.1) is 11.8 Å². The predicted octanol–water partition coefficient (Wildman–Crippen LogP) is 1.71. The predicted molar refractivity (Wildman–Crippen MR) is 85.4 cm³/mol. The summed E-state index contributed by atoms with van der Waals surface area (Å²) in [4.78, 5) is 11.8. The molecule has 5 atom stereocenters. The van der Waals surface area contributed by atoms with Crippen LogP contribution < -0.4 is 0 Å². The van der Waals surface area contributed by atoms with Gasteiger partial charge in [-0.05, 0) is 32.6 Å². The van der Waals surface area contributed by atoms with Gasteiger partial charge in [-0.1, -0.05) is 20.3 Å². The van der Waals surface area contributed by atoms with Crippen molar-refractivity contribution in [1.82, 2.24) is 0 Å². The molecular formula is C14H22F2O8S2. The third kappa shape index (κ3) is 2.94. The van der Waals surface area contributed by atoms with Gasteiger partial charge in [-0.3, -0.25) is 8.74 Å². The van der Waals surface area contributed by atoms with Gasteiger partial charge in [0.05, 0.1) is 5.25 Å². The first-order valence-corrected chi connectivity index (χ1v) is 11.0. The van der Waals surface area contributed by atoms with Crippen LogP contribution in [0.3, 0.4) is 0 Å². The molecule has 0 bridgehead atoms. The van der Waals surface area contributed by atoms with Crippen LogP contribution in [-0.4, -0.2) is 49.1 Å². The molecule has 1 aliphatic heterocycles. The summed E-state index contributed by atoms with van der Waals surface area (Å²) in [6, 6.07) is 0. The lowest BCUT2D eigenvalue weighted by Crippen LogP contribution is -2.54. The fourth-order valence-corrected chi connectivity index (χ4v) is 6.87. The van der Waals surface area contributed by atoms with Gasteiger partial charge in [0.2, 0.25) is 0 Å². The SMILES string of the molecule is CCCC1C2C(C)CC(C)(OC(=O)C(F)(F)S(=O)(=O)O)C2(C)OS1(=O)=O. The summed E-state index contributed by atoms with van der Waals surface area (Å²) >= 11 is 0. The average molecular weight is 420 g/mol. The van der Waals surface area contributed by atoms with Crippen molar-refractivity contribution in [2.24, 2.45) is 11.8 Å². The molecule has 1 N–H and O–H groups in total. The van der Waals surface area contributed by atoms with Gasteiger partial charge in [0, 0.05) is 5.92 Å². The van der Waals surface area contributed by atoms with Gasteiger partial charge < -0.3 is 4.74 Å². The number of carbonyl (C=O) groups is 1. The highest BCUT2D eigenvalue weighted by Crippen LogP contribution is 2.59. The molecule has 2 aliphatic rings. The molecule has 0 aromatic heterocycles. The summed E-state index contributed by atoms with van der Waals surface area (Å²) in [5.74, 6) is -3.45. The summed E-state index contributed by atoms with van der Waals surface area (Å²) in [7, 11) is -10.1. The van der Waals surface area contributed by atoms with E-state index in [-0.39, 0.29) is 18.8 Å². The molecule has 5 unspecified atom stereocenters. The van der Waals surface area contributed by atoms with Gasteiger partial charge >= 0.3 is 21.3 Å². The zero-order chi connectivity index (χ0) is 20.3. The second-order valence-corrected chi connectivity index (χ2v) is 10.6. The lowest BCUT2D eigenvalue weighted by molar-refractivity contribution is -0.193. The van der Waals surface area contributed by atoms with E-state index in [1.165, 1.54) is 13.8 Å². The Kier molecular flexibility index (Phi) is 5.01. The lowest BCUT2D eigenvalue weighted by Gasteiger charge is -2.38. The van der Waals surface area contributed by atoms with Gasteiger partial charge in [0.1, 0.15) is 11.2 Å². The van der Waals surface area contributed by atoms with Crippen LogP contribution in [0.15, 0.2) is 0 Å². The van der Waals surface area contributed by atoms with Crippen LogP contribution in [0.5, 0.6) is 0 Å². The Bertz CT molecular complexity index is 809. The molecule has 1 saturated heterocycles. The minimum absolute atomic E-state index is 0.00278. The second kappa shape index (κ2) is 6.08. The average Bonchev–Trinajstić information content (AvgIpc) is 2.75. The van der Waals surface area contributed by atoms with Crippen molar-refractivity contribution in [3.05, 3.63) is 0 Å². The first kappa shape index (κ1) is 21.5. The third-order valence-electron chi connectivity index (χ3n) is 5.52. The van der Waals surface area contributed by atoms with Crippen LogP contribution in [0.25, 0.3) is 0 Å². The van der Waals surface area contributed by atoms with Gasteiger partial charge in [0.25, 0.3) is 10.1 Å². The Labute approximate surface area is 151 Å². The van der Waals surface area contributed by atoms with Crippen LogP contribution in [-0.2, 0) is 34.0 Å². The molecule has 1 heterocycles. The lowest BCUT2D eigenvalue weighted by atomic mass is 9.79. The normalized spacial score (nSPS) is 39.6. The smallest absolute Gasteiger partial charge is 0.451 e. The highest BCUT2D eigenvalue weighted by Gasteiger charge is 2.72. The highest BCUT2D eigenvalue weighted by atomic mass is 32.2. The first-order valence-electron chi connectivity index (χ1n) is 8.06. The molecule has 0 aromatic carbocycles. The van der Waals surface area contributed by atoms with Crippen molar-refractivity contribution in [3.8, 4) is 0 Å². The first-order chi connectivity index (χ1) is 11.5. The number of hydrogen-bond donors (Lipinski definition) is 1. The quantitative estimate of drug-likeness (QED) is 0.405. The molecule has 1 saturated carbocycles. The summed E-state index contributed by atoms with van der Waals surface area (Å²) in [6.45, 7) is 6.06. The standard InChI is InChI=1S/C14H22F2O8S2/c1-5-6-9-10-8(2)7-12(3,13(10,4)24-25(9,18)19)23-11(17)14(15,16)26(20,21)22/h8-10H,5-7H2,1-4H3,(H,20,21,22). The van der Waals surface area contributed by atoms with Crippen molar-refractivity contribution in [2.75, 3.05) is 0 Å². The molecule has 26 heavy (non-hydrogen) atoms. The number of fused-ring (bicyclic) bond motifs is 1. The molecule has 2 rings (SSSR count). The largest absolute Gasteiger partial charge is 0.465 e. The fraction of sp³-hybridized carbons (Fsp3) is 0.929. The third-order valence-corrected chi connectivity index (χ3v) is 8.19. The molecule has 8 nitrogen and oxygen atoms in total. The summed E-state index contributed by atoms with van der Waals surface area (Å²) < 4.78 is 92.1. The van der Waals surface area contributed by atoms with Crippen LogP contribution in [0.1, 0.15) is 47.0 Å². The maximum absolute atomic E-state index is 13.6. The van der Waals surface area contributed by atoms with Gasteiger partial charge in [-0.25, -0.2) is 4.79 Å². The molecule has 0 aromatic rings. The maximum Gasteiger partial charge on any atom is 0.465 e. The van der Waals surface area contributed by atoms with Gasteiger partial charge in [0.15, 0.2) is 0 Å². The number of halogens is 2. The second-order valence-electron chi connectivity index (χ2n) is 7.33. The van der Waals surface area contributed by atoms with E-state index in [4.69, 9.17) is 13.5 Å². The molecule has 0 spiro atoms. The van der Waals surface area contributed by atoms with Crippen LogP contribution >= 0.6 is 0 Å². The number of esters is 1. The number of hydrogen-bond acceptors (Lipinski definition) is 7. The van der Waals surface area contributed by atoms with E-state index in [1.54, 1.807) is 13.8 Å². The fourth-order valence-electron chi connectivity index (χ4n) is 4.31. The zero-order valence-corrected chi connectivity index (χ0v) is 16.4. The van der Waals surface area contributed by atoms with E-state index < -0.39 is 53.8 Å². The molecule has 1 aliphatic carbocycles. The molecule has 2 fully saturated rings. The topological polar surface area (TPSA) is 124 Å². The van der Waals surface area contributed by atoms with E-state index >= 15 is 0 Å². The maximum atomic E-state index is 13.6. The number of rotatable bonds is 5. The Morgan fingerprint density at radius 1 is 1.38 bits per heavy atom. The molecular weight excluding hydrogens is 398 g/mol. The molecule has 152 valence electrons. The minimum atomic E-state index is -6.03. The van der Waals surface area contributed by atoms with Crippen molar-refractivity contribution in [3.63, 3.8) is 0 Å². The summed E-state index contributed by atoms with van der Waals surface area (Å²) in [5, 5.41) is -6.05. The molecule has 12 heteroatoms. The van der Waals surface area contributed by atoms with Crippen molar-refractivity contribution >= 4 is 26.2 Å². The van der Waals surface area contributed by atoms with E-state index in [9.17, 15) is 30.4 Å². The Hall–Kier alpha value is -0.850. The van der Waals surface area contributed by atoms with E-state index in [2.05, 4.69) is 0 Å². The van der Waals surface area contributed by atoms with E-state index in [0.717, 1.165) is 0 Å². The van der Waals surface area contributed by atoms with E-state index in [0.29, 0.717) is 6.42 Å². The molecule has 0 amide bonds. The summed E-state index contributed by atoms with van der Waals surface area (Å²) in [6.07, 6.45) is 0.833. The van der Waals surface area contributed by atoms with Crippen LogP contribution in [0.2, 0.25) is 0 Å². The Morgan fingerprint density at radius 2 is 1.92 bits per heavy atom. The van der Waals surface area contributed by atoms with Crippen molar-refractivity contribution in [1.29, 1.82) is 0 Å². The minimum Gasteiger partial charge on any atom is -0.451 e. The van der Waals surface area contributed by atoms with Crippen molar-refractivity contribution < 1.29 is 43.9 Å². The van der Waals surface area contributed by atoms with Gasteiger partial charge in [-0.2, -0.15) is 25.6 Å². The number of ether oxygens (including phenoxy) is 1. The van der Waals surface area contributed by atoms with Crippen LogP contribution in [0.4, 0.5) is 8.78 Å². The number of alkyl halides is 2. The monoisotopic (exact) mass is 420 g/mol. The highest BCUT2D eigenvalue weighted by molar-refractivity contribution is 7.88.